The Hall–Kier alpha value is -0.590. The molecule has 0 bridgehead atoms. The van der Waals surface area contributed by atoms with Gasteiger partial charge in [-0.2, -0.15) is 0 Å². The van der Waals surface area contributed by atoms with Crippen molar-refractivity contribution < 1.29 is 4.79 Å². The quantitative estimate of drug-likeness (QED) is 0.459. The molecule has 2 rings (SSSR count). The molecule has 0 fully saturated rings. The van der Waals surface area contributed by atoms with Crippen LogP contribution in [0.15, 0.2) is 11.1 Å². The summed E-state index contributed by atoms with van der Waals surface area (Å²) in [5, 5.41) is 0. The maximum Gasteiger partial charge on any atom is 0.123 e. The third kappa shape index (κ3) is 1.43. The molecular formula is C13H20O. The Morgan fingerprint density at radius 3 is 2.64 bits per heavy atom. The smallest absolute Gasteiger partial charge is 0.123 e. The van der Waals surface area contributed by atoms with Gasteiger partial charge in [-0.15, -0.1) is 0 Å². The average molecular weight is 192 g/mol. The molecule has 0 saturated heterocycles. The van der Waals surface area contributed by atoms with E-state index in [4.69, 9.17) is 0 Å². The van der Waals surface area contributed by atoms with E-state index >= 15 is 0 Å². The fourth-order valence-corrected chi connectivity index (χ4v) is 3.17. The molecule has 1 nitrogen and oxygen atoms in total. The summed E-state index contributed by atoms with van der Waals surface area (Å²) in [5.74, 6) is 0.263. The van der Waals surface area contributed by atoms with Gasteiger partial charge in [-0.3, -0.25) is 0 Å². The highest BCUT2D eigenvalue weighted by Crippen LogP contribution is 2.48. The Morgan fingerprint density at radius 1 is 1.21 bits per heavy atom. The van der Waals surface area contributed by atoms with Crippen LogP contribution in [-0.4, -0.2) is 6.29 Å². The molecular weight excluding hydrogens is 172 g/mol. The lowest BCUT2D eigenvalue weighted by atomic mass is 9.62. The summed E-state index contributed by atoms with van der Waals surface area (Å²) < 4.78 is 0. The van der Waals surface area contributed by atoms with Crippen molar-refractivity contribution in [3.63, 3.8) is 0 Å². The average Bonchev–Trinajstić information content (AvgIpc) is 2.18. The normalized spacial score (nSPS) is 31.1. The Bertz CT molecular complexity index is 273. The molecule has 0 saturated carbocycles. The molecule has 2 aliphatic rings. The van der Waals surface area contributed by atoms with Gasteiger partial charge in [0.1, 0.15) is 6.29 Å². The minimum atomic E-state index is 0.149. The van der Waals surface area contributed by atoms with Crippen molar-refractivity contribution in [2.45, 2.75) is 52.4 Å². The van der Waals surface area contributed by atoms with E-state index in [1.807, 2.05) is 0 Å². The lowest BCUT2D eigenvalue weighted by molar-refractivity contribution is -0.114. The van der Waals surface area contributed by atoms with Crippen LogP contribution in [0.4, 0.5) is 0 Å². The van der Waals surface area contributed by atoms with E-state index in [-0.39, 0.29) is 11.3 Å². The van der Waals surface area contributed by atoms with E-state index in [9.17, 15) is 4.79 Å². The molecule has 1 unspecified atom stereocenters. The molecule has 78 valence electrons. The van der Waals surface area contributed by atoms with Crippen LogP contribution < -0.4 is 0 Å². The Labute approximate surface area is 86.6 Å². The van der Waals surface area contributed by atoms with E-state index < -0.39 is 0 Å². The third-order valence-electron chi connectivity index (χ3n) is 4.21. The minimum Gasteiger partial charge on any atom is -0.303 e. The second kappa shape index (κ2) is 3.52. The molecule has 0 aromatic rings. The van der Waals surface area contributed by atoms with E-state index in [2.05, 4.69) is 13.8 Å². The number of hydrogen-bond donors (Lipinski definition) is 0. The van der Waals surface area contributed by atoms with Gasteiger partial charge in [0.2, 0.25) is 0 Å². The Balaban J connectivity index is 2.34. The van der Waals surface area contributed by atoms with Crippen LogP contribution in [0.3, 0.4) is 0 Å². The predicted octanol–water partition coefficient (Wildman–Crippen LogP) is 3.49. The predicted molar refractivity (Wildman–Crippen MR) is 58.1 cm³/mol. The number of allylic oxidation sites excluding steroid dienone is 2. The largest absolute Gasteiger partial charge is 0.303 e. The summed E-state index contributed by atoms with van der Waals surface area (Å²) in [6.07, 6.45) is 8.67. The van der Waals surface area contributed by atoms with Crippen molar-refractivity contribution in [2.75, 3.05) is 0 Å². The molecule has 1 heteroatoms. The molecule has 2 aliphatic carbocycles. The van der Waals surface area contributed by atoms with Gasteiger partial charge in [-0.25, -0.2) is 0 Å². The first-order valence-electron chi connectivity index (χ1n) is 5.83. The number of carbonyl (C=O) groups is 1. The molecule has 0 N–H and O–H groups in total. The summed E-state index contributed by atoms with van der Waals surface area (Å²) >= 11 is 0. The van der Waals surface area contributed by atoms with Crippen LogP contribution >= 0.6 is 0 Å². The Kier molecular flexibility index (Phi) is 2.50. The molecule has 0 heterocycles. The maximum atomic E-state index is 11.0. The first-order valence-corrected chi connectivity index (χ1v) is 5.83. The third-order valence-corrected chi connectivity index (χ3v) is 4.21. The monoisotopic (exact) mass is 192 g/mol. The first kappa shape index (κ1) is 9.95. The van der Waals surface area contributed by atoms with Crippen molar-refractivity contribution in [3.8, 4) is 0 Å². The van der Waals surface area contributed by atoms with Crippen LogP contribution in [0.2, 0.25) is 0 Å². The highest BCUT2D eigenvalue weighted by molar-refractivity contribution is 5.57. The summed E-state index contributed by atoms with van der Waals surface area (Å²) in [5.41, 5.74) is 3.45. The van der Waals surface area contributed by atoms with Gasteiger partial charge in [-0.1, -0.05) is 25.0 Å². The van der Waals surface area contributed by atoms with Crippen LogP contribution in [0.25, 0.3) is 0 Å². The van der Waals surface area contributed by atoms with E-state index in [1.54, 1.807) is 11.1 Å². The lowest BCUT2D eigenvalue weighted by Crippen LogP contribution is -2.33. The standard InChI is InChI=1S/C13H20O/c1-13(2)11(9-14)8-7-10-5-3-4-6-12(10)13/h9,11H,3-8H2,1-2H3. The zero-order chi connectivity index (χ0) is 10.2. The van der Waals surface area contributed by atoms with Gasteiger partial charge in [0.25, 0.3) is 0 Å². The number of aldehydes is 1. The number of carbonyl (C=O) groups excluding carboxylic acids is 1. The molecule has 0 aromatic heterocycles. The van der Waals surface area contributed by atoms with Gasteiger partial charge < -0.3 is 4.79 Å². The molecule has 0 amide bonds. The minimum absolute atomic E-state index is 0.149. The molecule has 0 aromatic carbocycles. The summed E-state index contributed by atoms with van der Waals surface area (Å²) in [7, 11) is 0. The second-order valence-electron chi connectivity index (χ2n) is 5.29. The number of hydrogen-bond acceptors (Lipinski definition) is 1. The summed E-state index contributed by atoms with van der Waals surface area (Å²) in [6.45, 7) is 4.51. The van der Waals surface area contributed by atoms with Crippen LogP contribution in [0, 0.1) is 11.3 Å². The van der Waals surface area contributed by atoms with Crippen molar-refractivity contribution >= 4 is 6.29 Å². The van der Waals surface area contributed by atoms with Gasteiger partial charge in [0.15, 0.2) is 0 Å². The molecule has 0 aliphatic heterocycles. The SMILES string of the molecule is CC1(C)C2=C(CCCC2)CCC1C=O. The van der Waals surface area contributed by atoms with Crippen molar-refractivity contribution in [2.24, 2.45) is 11.3 Å². The van der Waals surface area contributed by atoms with Crippen molar-refractivity contribution in [3.05, 3.63) is 11.1 Å². The maximum absolute atomic E-state index is 11.0. The van der Waals surface area contributed by atoms with Crippen LogP contribution in [0.5, 0.6) is 0 Å². The lowest BCUT2D eigenvalue weighted by Gasteiger charge is -2.42. The molecule has 0 radical (unpaired) electrons. The fourth-order valence-electron chi connectivity index (χ4n) is 3.17. The van der Waals surface area contributed by atoms with Crippen LogP contribution in [0.1, 0.15) is 52.4 Å². The van der Waals surface area contributed by atoms with E-state index in [1.165, 1.54) is 38.4 Å². The topological polar surface area (TPSA) is 17.1 Å². The fraction of sp³-hybridized carbons (Fsp3) is 0.769. The zero-order valence-electron chi connectivity index (χ0n) is 9.31. The zero-order valence-corrected chi connectivity index (χ0v) is 9.31. The van der Waals surface area contributed by atoms with Crippen molar-refractivity contribution in [1.82, 2.24) is 0 Å². The van der Waals surface area contributed by atoms with Gasteiger partial charge in [-0.05, 0) is 43.9 Å². The second-order valence-corrected chi connectivity index (χ2v) is 5.29. The highest BCUT2D eigenvalue weighted by atomic mass is 16.1. The summed E-state index contributed by atoms with van der Waals surface area (Å²) in [6, 6.07) is 0. The molecule has 14 heavy (non-hydrogen) atoms. The van der Waals surface area contributed by atoms with Gasteiger partial charge >= 0.3 is 0 Å². The Morgan fingerprint density at radius 2 is 1.93 bits per heavy atom. The summed E-state index contributed by atoms with van der Waals surface area (Å²) in [4.78, 5) is 11.0. The first-order chi connectivity index (χ1) is 6.66. The van der Waals surface area contributed by atoms with Crippen molar-refractivity contribution in [1.29, 1.82) is 0 Å². The van der Waals surface area contributed by atoms with Gasteiger partial charge in [0.05, 0.1) is 0 Å². The van der Waals surface area contributed by atoms with Gasteiger partial charge in [0, 0.05) is 5.92 Å². The highest BCUT2D eigenvalue weighted by Gasteiger charge is 2.38. The van der Waals surface area contributed by atoms with E-state index in [0.29, 0.717) is 0 Å². The van der Waals surface area contributed by atoms with Crippen LogP contribution in [-0.2, 0) is 4.79 Å². The molecule has 0 spiro atoms. The number of rotatable bonds is 1. The van der Waals surface area contributed by atoms with E-state index in [0.717, 1.165) is 6.42 Å². The molecule has 1 atom stereocenters.